The van der Waals surface area contributed by atoms with Crippen LogP contribution in [0.3, 0.4) is 0 Å². The molecule has 0 radical (unpaired) electrons. The highest BCUT2D eigenvalue weighted by Gasteiger charge is 2.18. The number of hydrogen-bond acceptors (Lipinski definition) is 2. The van der Waals surface area contributed by atoms with Crippen LogP contribution in [0.1, 0.15) is 57.9 Å². The number of nitrogens with one attached hydrogen (secondary N) is 1. The van der Waals surface area contributed by atoms with Gasteiger partial charge in [0.2, 0.25) is 0 Å². The Bertz CT molecular complexity index is 641. The van der Waals surface area contributed by atoms with Crippen LogP contribution < -0.4 is 5.32 Å². The van der Waals surface area contributed by atoms with Gasteiger partial charge in [0, 0.05) is 10.6 Å². The summed E-state index contributed by atoms with van der Waals surface area (Å²) >= 11 is 1.68. The van der Waals surface area contributed by atoms with Crippen molar-refractivity contribution >= 4 is 22.9 Å². The number of thiophene rings is 1. The molecule has 0 unspecified atom stereocenters. The Morgan fingerprint density at radius 3 is 2.45 bits per heavy atom. The van der Waals surface area contributed by atoms with E-state index in [9.17, 15) is 4.79 Å². The lowest BCUT2D eigenvalue weighted by Gasteiger charge is -2.13. The van der Waals surface area contributed by atoms with E-state index < -0.39 is 0 Å². The van der Waals surface area contributed by atoms with Crippen molar-refractivity contribution in [1.29, 1.82) is 0 Å². The van der Waals surface area contributed by atoms with Gasteiger partial charge in [-0.25, -0.2) is 0 Å². The molecule has 0 aliphatic heterocycles. The number of carbonyl (C=O) groups is 1. The van der Waals surface area contributed by atoms with E-state index in [2.05, 4.69) is 43.4 Å². The average molecular weight is 313 g/mol. The third-order valence-corrected chi connectivity index (χ3v) is 5.69. The summed E-state index contributed by atoms with van der Waals surface area (Å²) in [6.07, 6.45) is 6.65. The van der Waals surface area contributed by atoms with E-state index in [1.165, 1.54) is 34.4 Å². The molecule has 1 N–H and O–H groups in total. The van der Waals surface area contributed by atoms with Gasteiger partial charge in [-0.05, 0) is 61.3 Å². The lowest BCUT2D eigenvalue weighted by molar-refractivity contribution is 0.103. The molecule has 0 saturated carbocycles. The maximum atomic E-state index is 12.7. The van der Waals surface area contributed by atoms with Crippen LogP contribution in [-0.2, 0) is 25.7 Å². The highest BCUT2D eigenvalue weighted by atomic mass is 32.1. The Hall–Kier alpha value is -1.61. The van der Waals surface area contributed by atoms with Crippen molar-refractivity contribution in [3.8, 4) is 0 Å². The number of fused-ring (bicyclic) bond motifs is 1. The minimum atomic E-state index is 0.0509. The van der Waals surface area contributed by atoms with E-state index >= 15 is 0 Å². The van der Waals surface area contributed by atoms with Gasteiger partial charge in [-0.2, -0.15) is 0 Å². The molecule has 0 spiro atoms. The number of benzene rings is 1. The Morgan fingerprint density at radius 1 is 1.14 bits per heavy atom. The van der Waals surface area contributed by atoms with Crippen LogP contribution in [0.4, 0.5) is 5.69 Å². The second kappa shape index (κ2) is 6.66. The van der Waals surface area contributed by atoms with Gasteiger partial charge in [0.1, 0.15) is 0 Å². The Labute approximate surface area is 136 Å². The first-order valence-electron chi connectivity index (χ1n) is 8.26. The molecule has 1 aliphatic rings. The highest BCUT2D eigenvalue weighted by molar-refractivity contribution is 7.14. The molecule has 1 aromatic heterocycles. The molecule has 22 heavy (non-hydrogen) atoms. The van der Waals surface area contributed by atoms with E-state index in [-0.39, 0.29) is 5.91 Å². The van der Waals surface area contributed by atoms with Crippen LogP contribution in [0.25, 0.3) is 0 Å². The van der Waals surface area contributed by atoms with Gasteiger partial charge in [0.15, 0.2) is 0 Å². The first-order chi connectivity index (χ1) is 10.7. The van der Waals surface area contributed by atoms with Crippen molar-refractivity contribution in [1.82, 2.24) is 0 Å². The summed E-state index contributed by atoms with van der Waals surface area (Å²) in [5.74, 6) is 0.0509. The first-order valence-corrected chi connectivity index (χ1v) is 9.08. The van der Waals surface area contributed by atoms with E-state index in [0.717, 1.165) is 36.2 Å². The second-order valence-corrected chi connectivity index (χ2v) is 7.02. The Kier molecular flexibility index (Phi) is 4.63. The van der Waals surface area contributed by atoms with Gasteiger partial charge in [0.05, 0.1) is 4.88 Å². The van der Waals surface area contributed by atoms with E-state index in [1.54, 1.807) is 11.3 Å². The monoisotopic (exact) mass is 313 g/mol. The van der Waals surface area contributed by atoms with Crippen molar-refractivity contribution in [2.24, 2.45) is 0 Å². The zero-order valence-corrected chi connectivity index (χ0v) is 14.2. The smallest absolute Gasteiger partial charge is 0.265 e. The molecule has 1 aromatic carbocycles. The number of aryl methyl sites for hydroxylation is 4. The average Bonchev–Trinajstić information content (AvgIpc) is 2.99. The molecule has 3 heteroatoms. The van der Waals surface area contributed by atoms with Crippen LogP contribution in [0.5, 0.6) is 0 Å². The van der Waals surface area contributed by atoms with Crippen molar-refractivity contribution < 1.29 is 4.79 Å². The van der Waals surface area contributed by atoms with E-state index in [1.807, 2.05) is 0 Å². The normalized spacial score (nSPS) is 13.7. The maximum Gasteiger partial charge on any atom is 0.265 e. The van der Waals surface area contributed by atoms with Gasteiger partial charge in [-0.1, -0.05) is 32.0 Å². The highest BCUT2D eigenvalue weighted by Crippen LogP contribution is 2.31. The number of amides is 1. The number of para-hydroxylation sites is 1. The number of carbonyl (C=O) groups excluding carboxylic acids is 1. The van der Waals surface area contributed by atoms with E-state index in [4.69, 9.17) is 0 Å². The molecular weight excluding hydrogens is 290 g/mol. The summed E-state index contributed by atoms with van der Waals surface area (Å²) < 4.78 is 0. The molecule has 0 bridgehead atoms. The fraction of sp³-hybridized carbons (Fsp3) is 0.421. The zero-order valence-electron chi connectivity index (χ0n) is 13.4. The number of anilines is 1. The topological polar surface area (TPSA) is 29.1 Å². The fourth-order valence-electron chi connectivity index (χ4n) is 3.18. The largest absolute Gasteiger partial charge is 0.321 e. The minimum absolute atomic E-state index is 0.0509. The summed E-state index contributed by atoms with van der Waals surface area (Å²) in [5.41, 5.74) is 4.84. The number of rotatable bonds is 4. The first kappa shape index (κ1) is 15.3. The van der Waals surface area contributed by atoms with Gasteiger partial charge < -0.3 is 5.32 Å². The third kappa shape index (κ3) is 2.95. The number of hydrogen-bond donors (Lipinski definition) is 1. The molecule has 1 heterocycles. The van der Waals surface area contributed by atoms with Crippen LogP contribution in [0.2, 0.25) is 0 Å². The van der Waals surface area contributed by atoms with Crippen LogP contribution in [0.15, 0.2) is 24.3 Å². The molecular formula is C19H23NOS. The quantitative estimate of drug-likeness (QED) is 0.845. The SMILES string of the molecule is CCc1cccc(CC)c1NC(=O)c1cc2c(s1)CCCC2. The predicted molar refractivity (Wildman–Crippen MR) is 94.1 cm³/mol. The molecule has 0 fully saturated rings. The lowest BCUT2D eigenvalue weighted by atomic mass is 9.99. The molecule has 3 rings (SSSR count). The summed E-state index contributed by atoms with van der Waals surface area (Å²) in [6, 6.07) is 8.40. The zero-order chi connectivity index (χ0) is 15.5. The van der Waals surface area contributed by atoms with Crippen LogP contribution in [0, 0.1) is 0 Å². The van der Waals surface area contributed by atoms with Crippen molar-refractivity contribution in [3.05, 3.63) is 50.7 Å². The molecule has 1 aliphatic carbocycles. The van der Waals surface area contributed by atoms with Crippen LogP contribution >= 0.6 is 11.3 Å². The van der Waals surface area contributed by atoms with E-state index in [0.29, 0.717) is 0 Å². The molecule has 0 atom stereocenters. The third-order valence-electron chi connectivity index (χ3n) is 4.46. The summed E-state index contributed by atoms with van der Waals surface area (Å²) in [4.78, 5) is 14.9. The van der Waals surface area contributed by atoms with Crippen molar-refractivity contribution in [2.75, 3.05) is 5.32 Å². The van der Waals surface area contributed by atoms with Gasteiger partial charge in [0.25, 0.3) is 5.91 Å². The predicted octanol–water partition coefficient (Wildman–Crippen LogP) is 5.00. The van der Waals surface area contributed by atoms with Gasteiger partial charge >= 0.3 is 0 Å². The van der Waals surface area contributed by atoms with Gasteiger partial charge in [-0.3, -0.25) is 4.79 Å². The fourth-order valence-corrected chi connectivity index (χ4v) is 4.33. The second-order valence-electron chi connectivity index (χ2n) is 5.88. The summed E-state index contributed by atoms with van der Waals surface area (Å²) in [6.45, 7) is 4.27. The van der Waals surface area contributed by atoms with Crippen molar-refractivity contribution in [2.45, 2.75) is 52.4 Å². The summed E-state index contributed by atoms with van der Waals surface area (Å²) in [5, 5.41) is 3.18. The van der Waals surface area contributed by atoms with Crippen molar-refractivity contribution in [3.63, 3.8) is 0 Å². The minimum Gasteiger partial charge on any atom is -0.321 e. The molecule has 2 nitrogen and oxygen atoms in total. The molecule has 0 saturated heterocycles. The van der Waals surface area contributed by atoms with Crippen LogP contribution in [-0.4, -0.2) is 5.91 Å². The molecule has 1 amide bonds. The Balaban J connectivity index is 1.87. The summed E-state index contributed by atoms with van der Waals surface area (Å²) in [7, 11) is 0. The Morgan fingerprint density at radius 2 is 1.82 bits per heavy atom. The standard InChI is InChI=1S/C19H23NOS/c1-3-13-9-7-10-14(4-2)18(13)20-19(21)17-12-15-8-5-6-11-16(15)22-17/h7,9-10,12H,3-6,8,11H2,1-2H3,(H,20,21). The molecule has 2 aromatic rings. The molecule has 116 valence electrons. The van der Waals surface area contributed by atoms with Gasteiger partial charge in [-0.15, -0.1) is 11.3 Å². The lowest BCUT2D eigenvalue weighted by Crippen LogP contribution is -2.13. The maximum absolute atomic E-state index is 12.7.